The summed E-state index contributed by atoms with van der Waals surface area (Å²) in [6, 6.07) is 15.8. The average molecular weight is 250 g/mol. The van der Waals surface area contributed by atoms with Crippen LogP contribution in [0, 0.1) is 0 Å². The van der Waals surface area contributed by atoms with Gasteiger partial charge in [0.1, 0.15) is 0 Å². The zero-order valence-electron chi connectivity index (χ0n) is 10.4. The first-order valence-electron chi connectivity index (χ1n) is 6.25. The highest BCUT2D eigenvalue weighted by molar-refractivity contribution is 5.85. The Balaban J connectivity index is 2.17. The molecular weight excluding hydrogens is 236 g/mol. The van der Waals surface area contributed by atoms with Gasteiger partial charge in [-0.15, -0.1) is 0 Å². The number of aromatic nitrogens is 2. The zero-order valence-corrected chi connectivity index (χ0v) is 10.4. The molecule has 1 atom stereocenters. The molecule has 94 valence electrons. The Kier molecular flexibility index (Phi) is 3.21. The Morgan fingerprint density at radius 1 is 0.895 bits per heavy atom. The van der Waals surface area contributed by atoms with Crippen LogP contribution in [0.3, 0.4) is 0 Å². The number of pyridine rings is 2. The fourth-order valence-corrected chi connectivity index (χ4v) is 2.32. The molecule has 3 aromatic rings. The summed E-state index contributed by atoms with van der Waals surface area (Å²) in [5.41, 5.74) is 1.72. The molecule has 3 rings (SSSR count). The van der Waals surface area contributed by atoms with Crippen molar-refractivity contribution in [2.45, 2.75) is 5.92 Å². The molecule has 3 nitrogen and oxygen atoms in total. The molecule has 1 aromatic carbocycles. The Morgan fingerprint density at radius 2 is 1.74 bits per heavy atom. The minimum Gasteiger partial charge on any atom is -0.395 e. The second kappa shape index (κ2) is 5.16. The molecule has 2 aromatic heterocycles. The van der Waals surface area contributed by atoms with E-state index < -0.39 is 0 Å². The van der Waals surface area contributed by atoms with Gasteiger partial charge in [-0.1, -0.05) is 30.3 Å². The third-order valence-electron chi connectivity index (χ3n) is 3.26. The monoisotopic (exact) mass is 250 g/mol. The summed E-state index contributed by atoms with van der Waals surface area (Å²) in [5.74, 6) is -0.188. The van der Waals surface area contributed by atoms with Crippen molar-refractivity contribution in [2.75, 3.05) is 6.61 Å². The largest absolute Gasteiger partial charge is 0.395 e. The van der Waals surface area contributed by atoms with Crippen LogP contribution in [0.25, 0.3) is 10.8 Å². The van der Waals surface area contributed by atoms with Crippen molar-refractivity contribution < 1.29 is 5.11 Å². The van der Waals surface area contributed by atoms with Crippen LogP contribution in [0.4, 0.5) is 0 Å². The summed E-state index contributed by atoms with van der Waals surface area (Å²) in [6.07, 6.45) is 3.52. The van der Waals surface area contributed by atoms with E-state index >= 15 is 0 Å². The van der Waals surface area contributed by atoms with Crippen molar-refractivity contribution in [1.82, 2.24) is 9.97 Å². The van der Waals surface area contributed by atoms with Gasteiger partial charge in [-0.2, -0.15) is 0 Å². The zero-order chi connectivity index (χ0) is 13.1. The van der Waals surface area contributed by atoms with E-state index in [2.05, 4.69) is 9.97 Å². The Morgan fingerprint density at radius 3 is 2.53 bits per heavy atom. The Labute approximate surface area is 111 Å². The molecule has 0 aliphatic carbocycles. The van der Waals surface area contributed by atoms with Crippen molar-refractivity contribution in [3.63, 3.8) is 0 Å². The Hall–Kier alpha value is -2.26. The van der Waals surface area contributed by atoms with Crippen LogP contribution in [0.5, 0.6) is 0 Å². The van der Waals surface area contributed by atoms with E-state index in [1.165, 1.54) is 0 Å². The van der Waals surface area contributed by atoms with Crippen molar-refractivity contribution >= 4 is 10.8 Å². The average Bonchev–Trinajstić information content (AvgIpc) is 2.49. The maximum atomic E-state index is 9.71. The molecule has 0 fully saturated rings. The maximum Gasteiger partial charge on any atom is 0.0673 e. The third kappa shape index (κ3) is 2.20. The minimum absolute atomic E-state index is 0.00196. The number of rotatable bonds is 3. The van der Waals surface area contributed by atoms with Crippen LogP contribution in [-0.4, -0.2) is 21.7 Å². The molecule has 0 spiro atoms. The van der Waals surface area contributed by atoms with Crippen LogP contribution in [-0.2, 0) is 0 Å². The molecule has 0 aliphatic rings. The first-order chi connectivity index (χ1) is 9.40. The van der Waals surface area contributed by atoms with E-state index in [0.717, 1.165) is 22.2 Å². The highest BCUT2D eigenvalue weighted by Gasteiger charge is 2.18. The number of fused-ring (bicyclic) bond motifs is 1. The molecule has 0 saturated heterocycles. The van der Waals surface area contributed by atoms with Crippen molar-refractivity contribution in [3.05, 3.63) is 72.3 Å². The lowest BCUT2D eigenvalue weighted by atomic mass is 9.96. The standard InChI is InChI=1S/C16H14N2O/c19-11-14(15-7-3-4-9-17-15)16-13-6-2-1-5-12(13)8-10-18-16/h1-10,14,19H,11H2. The molecule has 0 bridgehead atoms. The normalized spacial score (nSPS) is 12.5. The lowest BCUT2D eigenvalue weighted by Gasteiger charge is -2.15. The van der Waals surface area contributed by atoms with Crippen LogP contribution >= 0.6 is 0 Å². The fraction of sp³-hybridized carbons (Fsp3) is 0.125. The van der Waals surface area contributed by atoms with E-state index in [-0.39, 0.29) is 12.5 Å². The summed E-state index contributed by atoms with van der Waals surface area (Å²) in [5, 5.41) is 11.9. The second-order valence-electron chi connectivity index (χ2n) is 4.41. The number of hydrogen-bond donors (Lipinski definition) is 1. The molecule has 1 N–H and O–H groups in total. The predicted molar refractivity (Wildman–Crippen MR) is 74.9 cm³/mol. The molecule has 1 unspecified atom stereocenters. The molecule has 0 radical (unpaired) electrons. The summed E-state index contributed by atoms with van der Waals surface area (Å²) < 4.78 is 0. The molecule has 0 aliphatic heterocycles. The number of hydrogen-bond acceptors (Lipinski definition) is 3. The smallest absolute Gasteiger partial charge is 0.0673 e. The summed E-state index contributed by atoms with van der Waals surface area (Å²) >= 11 is 0. The van der Waals surface area contributed by atoms with Crippen molar-refractivity contribution in [1.29, 1.82) is 0 Å². The van der Waals surface area contributed by atoms with Crippen molar-refractivity contribution in [3.8, 4) is 0 Å². The predicted octanol–water partition coefficient (Wildman–Crippen LogP) is 2.75. The van der Waals surface area contributed by atoms with Gasteiger partial charge in [0.15, 0.2) is 0 Å². The molecule has 2 heterocycles. The van der Waals surface area contributed by atoms with Gasteiger partial charge in [-0.25, -0.2) is 0 Å². The molecular formula is C16H14N2O. The summed E-state index contributed by atoms with van der Waals surface area (Å²) in [6.45, 7) is -0.00196. The highest BCUT2D eigenvalue weighted by atomic mass is 16.3. The van der Waals surface area contributed by atoms with Crippen LogP contribution < -0.4 is 0 Å². The van der Waals surface area contributed by atoms with Gasteiger partial charge in [0.25, 0.3) is 0 Å². The van der Waals surface area contributed by atoms with Gasteiger partial charge in [-0.05, 0) is 23.6 Å². The maximum absolute atomic E-state index is 9.71. The molecule has 0 saturated carbocycles. The molecule has 0 amide bonds. The second-order valence-corrected chi connectivity index (χ2v) is 4.41. The number of aliphatic hydroxyl groups excluding tert-OH is 1. The van der Waals surface area contributed by atoms with E-state index in [4.69, 9.17) is 0 Å². The van der Waals surface area contributed by atoms with E-state index in [1.807, 2.05) is 48.5 Å². The van der Waals surface area contributed by atoms with E-state index in [0.29, 0.717) is 0 Å². The van der Waals surface area contributed by atoms with Gasteiger partial charge in [0, 0.05) is 17.8 Å². The van der Waals surface area contributed by atoms with Crippen molar-refractivity contribution in [2.24, 2.45) is 0 Å². The van der Waals surface area contributed by atoms with E-state index in [1.54, 1.807) is 12.4 Å². The first-order valence-corrected chi connectivity index (χ1v) is 6.25. The summed E-state index contributed by atoms with van der Waals surface area (Å²) in [7, 11) is 0. The topological polar surface area (TPSA) is 46.0 Å². The summed E-state index contributed by atoms with van der Waals surface area (Å²) in [4.78, 5) is 8.79. The highest BCUT2D eigenvalue weighted by Crippen LogP contribution is 2.27. The molecule has 19 heavy (non-hydrogen) atoms. The number of aliphatic hydroxyl groups is 1. The quantitative estimate of drug-likeness (QED) is 0.777. The Bertz CT molecular complexity index is 677. The third-order valence-corrected chi connectivity index (χ3v) is 3.26. The van der Waals surface area contributed by atoms with Gasteiger partial charge >= 0.3 is 0 Å². The lowest BCUT2D eigenvalue weighted by Crippen LogP contribution is -2.10. The minimum atomic E-state index is -0.188. The lowest BCUT2D eigenvalue weighted by molar-refractivity contribution is 0.277. The van der Waals surface area contributed by atoms with Gasteiger partial charge in [0.2, 0.25) is 0 Å². The SMILES string of the molecule is OCC(c1ccccn1)c1nccc2ccccc12. The van der Waals surface area contributed by atoms with Crippen LogP contribution in [0.15, 0.2) is 60.9 Å². The number of benzene rings is 1. The van der Waals surface area contributed by atoms with E-state index in [9.17, 15) is 5.11 Å². The molecule has 3 heteroatoms. The van der Waals surface area contributed by atoms with Gasteiger partial charge < -0.3 is 5.11 Å². The van der Waals surface area contributed by atoms with Gasteiger partial charge in [0.05, 0.1) is 23.9 Å². The first kappa shape index (κ1) is 11.8. The van der Waals surface area contributed by atoms with Gasteiger partial charge in [-0.3, -0.25) is 9.97 Å². The van der Waals surface area contributed by atoms with Crippen LogP contribution in [0.2, 0.25) is 0 Å². The fourth-order valence-electron chi connectivity index (χ4n) is 2.32. The number of nitrogens with zero attached hydrogens (tertiary/aromatic N) is 2. The van der Waals surface area contributed by atoms with Crippen LogP contribution in [0.1, 0.15) is 17.3 Å².